The summed E-state index contributed by atoms with van der Waals surface area (Å²) in [5.74, 6) is 5.31. The molecule has 2 aliphatic carbocycles. The van der Waals surface area contributed by atoms with Crippen LogP contribution in [0.5, 0.6) is 0 Å². The molecule has 0 heterocycles. The molecule has 64 valence electrons. The average molecular weight is 152 g/mol. The number of hydrogen-bond acceptors (Lipinski definition) is 0. The molecule has 2 aliphatic rings. The molecule has 0 bridgehead atoms. The molecule has 0 spiro atoms. The van der Waals surface area contributed by atoms with Gasteiger partial charge in [0.05, 0.1) is 0 Å². The predicted molar refractivity (Wildman–Crippen MR) is 48.3 cm³/mol. The monoisotopic (exact) mass is 152 g/mol. The molecule has 0 aliphatic heterocycles. The van der Waals surface area contributed by atoms with Crippen molar-refractivity contribution in [3.8, 4) is 0 Å². The summed E-state index contributed by atoms with van der Waals surface area (Å²) >= 11 is 0. The molecule has 0 saturated heterocycles. The lowest BCUT2D eigenvalue weighted by atomic mass is 9.77. The standard InChI is InChI=1S/C11H20/c1-7(2)9-4-8(3)11-6-10(11)5-9/h7-11H,4-6H2,1-3H3. The van der Waals surface area contributed by atoms with Crippen molar-refractivity contribution in [1.82, 2.24) is 0 Å². The molecule has 0 N–H and O–H groups in total. The maximum atomic E-state index is 2.46. The summed E-state index contributed by atoms with van der Waals surface area (Å²) in [6.45, 7) is 7.24. The zero-order chi connectivity index (χ0) is 8.01. The summed E-state index contributed by atoms with van der Waals surface area (Å²) in [5, 5.41) is 0. The Morgan fingerprint density at radius 3 is 2.36 bits per heavy atom. The smallest absolute Gasteiger partial charge is 0.0357 e. The van der Waals surface area contributed by atoms with Crippen LogP contribution in [0.1, 0.15) is 40.0 Å². The fraction of sp³-hybridized carbons (Fsp3) is 1.00. The Balaban J connectivity index is 1.95. The highest BCUT2D eigenvalue weighted by Gasteiger charge is 2.46. The van der Waals surface area contributed by atoms with E-state index in [-0.39, 0.29) is 0 Å². The van der Waals surface area contributed by atoms with Gasteiger partial charge in [-0.3, -0.25) is 0 Å². The molecule has 0 radical (unpaired) electrons. The summed E-state index contributed by atoms with van der Waals surface area (Å²) in [5.41, 5.74) is 0. The summed E-state index contributed by atoms with van der Waals surface area (Å²) in [6, 6.07) is 0. The van der Waals surface area contributed by atoms with Crippen LogP contribution in [0.25, 0.3) is 0 Å². The molecule has 2 fully saturated rings. The van der Waals surface area contributed by atoms with Crippen molar-refractivity contribution in [2.75, 3.05) is 0 Å². The molecule has 0 nitrogen and oxygen atoms in total. The van der Waals surface area contributed by atoms with E-state index in [1.165, 1.54) is 6.42 Å². The van der Waals surface area contributed by atoms with Gasteiger partial charge in [0.25, 0.3) is 0 Å². The molecular weight excluding hydrogens is 132 g/mol. The van der Waals surface area contributed by atoms with E-state index in [4.69, 9.17) is 0 Å². The van der Waals surface area contributed by atoms with E-state index in [9.17, 15) is 0 Å². The molecule has 4 unspecified atom stereocenters. The molecule has 0 aromatic rings. The topological polar surface area (TPSA) is 0 Å². The summed E-state index contributed by atoms with van der Waals surface area (Å²) < 4.78 is 0. The third-order valence-electron chi connectivity index (χ3n) is 3.93. The predicted octanol–water partition coefficient (Wildman–Crippen LogP) is 3.32. The molecule has 0 aromatic carbocycles. The normalized spacial score (nSPS) is 49.1. The Hall–Kier alpha value is 0. The van der Waals surface area contributed by atoms with Gasteiger partial charge in [-0.1, -0.05) is 20.8 Å². The maximum Gasteiger partial charge on any atom is -0.0357 e. The van der Waals surface area contributed by atoms with Crippen LogP contribution >= 0.6 is 0 Å². The molecule has 0 amide bonds. The van der Waals surface area contributed by atoms with Crippen molar-refractivity contribution in [2.24, 2.45) is 29.6 Å². The number of fused-ring (bicyclic) bond motifs is 1. The van der Waals surface area contributed by atoms with Crippen LogP contribution in [0.2, 0.25) is 0 Å². The van der Waals surface area contributed by atoms with Crippen molar-refractivity contribution < 1.29 is 0 Å². The summed E-state index contributed by atoms with van der Waals surface area (Å²) in [7, 11) is 0. The van der Waals surface area contributed by atoms with Gasteiger partial charge in [0.2, 0.25) is 0 Å². The van der Waals surface area contributed by atoms with Crippen LogP contribution in [0.15, 0.2) is 0 Å². The van der Waals surface area contributed by atoms with Gasteiger partial charge in [0, 0.05) is 0 Å². The zero-order valence-corrected chi connectivity index (χ0v) is 8.01. The highest BCUT2D eigenvalue weighted by molar-refractivity contribution is 4.96. The fourth-order valence-electron chi connectivity index (χ4n) is 2.92. The van der Waals surface area contributed by atoms with Gasteiger partial charge in [-0.15, -0.1) is 0 Å². The van der Waals surface area contributed by atoms with E-state index in [2.05, 4.69) is 20.8 Å². The van der Waals surface area contributed by atoms with E-state index in [1.807, 2.05) is 0 Å². The van der Waals surface area contributed by atoms with Gasteiger partial charge >= 0.3 is 0 Å². The fourth-order valence-corrected chi connectivity index (χ4v) is 2.92. The van der Waals surface area contributed by atoms with Crippen LogP contribution in [0.3, 0.4) is 0 Å². The van der Waals surface area contributed by atoms with Gasteiger partial charge in [-0.25, -0.2) is 0 Å². The largest absolute Gasteiger partial charge is 0.0625 e. The van der Waals surface area contributed by atoms with Crippen LogP contribution in [-0.2, 0) is 0 Å². The molecule has 2 rings (SSSR count). The number of hydrogen-bond donors (Lipinski definition) is 0. The first-order valence-corrected chi connectivity index (χ1v) is 5.18. The van der Waals surface area contributed by atoms with E-state index < -0.39 is 0 Å². The molecule has 0 aromatic heterocycles. The number of rotatable bonds is 1. The third kappa shape index (κ3) is 1.32. The first-order valence-electron chi connectivity index (χ1n) is 5.18. The highest BCUT2D eigenvalue weighted by atomic mass is 14.5. The Bertz CT molecular complexity index is 148. The van der Waals surface area contributed by atoms with E-state index in [1.54, 1.807) is 12.8 Å². The molecule has 11 heavy (non-hydrogen) atoms. The lowest BCUT2D eigenvalue weighted by Crippen LogP contribution is -2.19. The van der Waals surface area contributed by atoms with Crippen molar-refractivity contribution in [3.63, 3.8) is 0 Å². The van der Waals surface area contributed by atoms with Gasteiger partial charge in [-0.05, 0) is 48.9 Å². The quantitative estimate of drug-likeness (QED) is 0.540. The SMILES string of the molecule is CC(C)C1CC(C)C2CC2C1. The second-order valence-corrected chi connectivity index (χ2v) is 5.11. The van der Waals surface area contributed by atoms with Crippen molar-refractivity contribution in [2.45, 2.75) is 40.0 Å². The van der Waals surface area contributed by atoms with Gasteiger partial charge in [-0.2, -0.15) is 0 Å². The third-order valence-corrected chi connectivity index (χ3v) is 3.93. The second-order valence-electron chi connectivity index (χ2n) is 5.11. The first-order chi connectivity index (χ1) is 5.18. The van der Waals surface area contributed by atoms with Gasteiger partial charge in [0.15, 0.2) is 0 Å². The Labute approximate surface area is 70.4 Å². The Kier molecular flexibility index (Phi) is 1.74. The Morgan fingerprint density at radius 1 is 1.09 bits per heavy atom. The highest BCUT2D eigenvalue weighted by Crippen LogP contribution is 2.55. The van der Waals surface area contributed by atoms with Crippen LogP contribution in [0.4, 0.5) is 0 Å². The lowest BCUT2D eigenvalue weighted by Gasteiger charge is -2.29. The maximum absolute atomic E-state index is 2.46. The summed E-state index contributed by atoms with van der Waals surface area (Å²) in [4.78, 5) is 0. The molecule has 2 saturated carbocycles. The van der Waals surface area contributed by atoms with Crippen LogP contribution < -0.4 is 0 Å². The zero-order valence-electron chi connectivity index (χ0n) is 8.01. The molecule has 4 atom stereocenters. The van der Waals surface area contributed by atoms with E-state index in [0.717, 1.165) is 29.6 Å². The minimum absolute atomic E-state index is 0.930. The van der Waals surface area contributed by atoms with Crippen molar-refractivity contribution >= 4 is 0 Å². The van der Waals surface area contributed by atoms with Crippen LogP contribution in [-0.4, -0.2) is 0 Å². The molecular formula is C11H20. The average Bonchev–Trinajstić information content (AvgIpc) is 2.66. The van der Waals surface area contributed by atoms with Gasteiger partial charge in [0.1, 0.15) is 0 Å². The van der Waals surface area contributed by atoms with Crippen LogP contribution in [0, 0.1) is 29.6 Å². The van der Waals surface area contributed by atoms with Crippen molar-refractivity contribution in [1.29, 1.82) is 0 Å². The Morgan fingerprint density at radius 2 is 1.82 bits per heavy atom. The first kappa shape index (κ1) is 7.64. The van der Waals surface area contributed by atoms with Crippen molar-refractivity contribution in [3.05, 3.63) is 0 Å². The van der Waals surface area contributed by atoms with E-state index in [0.29, 0.717) is 0 Å². The minimum Gasteiger partial charge on any atom is -0.0625 e. The minimum atomic E-state index is 0.930. The second kappa shape index (κ2) is 2.50. The molecule has 0 heteroatoms. The summed E-state index contributed by atoms with van der Waals surface area (Å²) in [6.07, 6.45) is 4.62. The van der Waals surface area contributed by atoms with Gasteiger partial charge < -0.3 is 0 Å². The lowest BCUT2D eigenvalue weighted by molar-refractivity contribution is 0.215. The van der Waals surface area contributed by atoms with E-state index >= 15 is 0 Å².